The molecule has 18 heavy (non-hydrogen) atoms. The Morgan fingerprint density at radius 1 is 1.00 bits per heavy atom. The summed E-state index contributed by atoms with van der Waals surface area (Å²) in [6, 6.07) is 10.7. The van der Waals surface area contributed by atoms with Gasteiger partial charge in [0.25, 0.3) is 0 Å². The summed E-state index contributed by atoms with van der Waals surface area (Å²) >= 11 is 1.87. The minimum Gasteiger partial charge on any atom is -0.464 e. The first-order valence-corrected chi connectivity index (χ1v) is 7.25. The van der Waals surface area contributed by atoms with Gasteiger partial charge in [0.2, 0.25) is 0 Å². The van der Waals surface area contributed by atoms with Crippen molar-refractivity contribution in [3.05, 3.63) is 58.5 Å². The molecule has 0 atom stereocenters. The van der Waals surface area contributed by atoms with Crippen molar-refractivity contribution >= 4 is 11.8 Å². The first-order chi connectivity index (χ1) is 8.67. The molecule has 0 amide bonds. The molecule has 0 aliphatic carbocycles. The van der Waals surface area contributed by atoms with Crippen molar-refractivity contribution < 1.29 is 4.42 Å². The van der Waals surface area contributed by atoms with Gasteiger partial charge in [0.1, 0.15) is 11.5 Å². The predicted octanol–water partition coefficient (Wildman–Crippen LogP) is 3.79. The fourth-order valence-corrected chi connectivity index (χ4v) is 2.89. The number of aryl methyl sites for hydroxylation is 2. The van der Waals surface area contributed by atoms with Crippen molar-refractivity contribution in [1.29, 1.82) is 0 Å². The first-order valence-electron chi connectivity index (χ1n) is 6.10. The first kappa shape index (κ1) is 13.2. The smallest absolute Gasteiger partial charge is 0.117 e. The fourth-order valence-electron chi connectivity index (χ4n) is 2.03. The summed E-state index contributed by atoms with van der Waals surface area (Å²) in [6.07, 6.45) is 0. The highest BCUT2D eigenvalue weighted by molar-refractivity contribution is 7.97. The van der Waals surface area contributed by atoms with Gasteiger partial charge in [0.15, 0.2) is 0 Å². The Bertz CT molecular complexity index is 499. The van der Waals surface area contributed by atoms with Crippen LogP contribution in [0.15, 0.2) is 34.7 Å². The van der Waals surface area contributed by atoms with Crippen molar-refractivity contribution in [2.24, 2.45) is 5.73 Å². The van der Waals surface area contributed by atoms with Crippen molar-refractivity contribution in [2.75, 3.05) is 0 Å². The zero-order valence-electron chi connectivity index (χ0n) is 10.9. The lowest BCUT2D eigenvalue weighted by Gasteiger charge is -2.04. The number of hydrogen-bond donors (Lipinski definition) is 1. The van der Waals surface area contributed by atoms with E-state index in [0.717, 1.165) is 23.0 Å². The third-order valence-corrected chi connectivity index (χ3v) is 3.74. The Morgan fingerprint density at radius 2 is 1.67 bits per heavy atom. The molecular weight excluding hydrogens is 242 g/mol. The highest BCUT2D eigenvalue weighted by Gasteiger charge is 2.02. The minimum absolute atomic E-state index is 0.474. The quantitative estimate of drug-likeness (QED) is 0.890. The molecule has 2 N–H and O–H groups in total. The van der Waals surface area contributed by atoms with Crippen LogP contribution >= 0.6 is 11.8 Å². The molecule has 2 aromatic rings. The highest BCUT2D eigenvalue weighted by Crippen LogP contribution is 2.20. The van der Waals surface area contributed by atoms with E-state index in [2.05, 4.69) is 32.0 Å². The van der Waals surface area contributed by atoms with Crippen LogP contribution in [0.5, 0.6) is 0 Å². The third-order valence-electron chi connectivity index (χ3n) is 2.71. The summed E-state index contributed by atoms with van der Waals surface area (Å²) in [4.78, 5) is 0. The third kappa shape index (κ3) is 3.65. The van der Waals surface area contributed by atoms with Gasteiger partial charge in [-0.05, 0) is 31.5 Å². The van der Waals surface area contributed by atoms with E-state index in [9.17, 15) is 0 Å². The zero-order valence-corrected chi connectivity index (χ0v) is 11.7. The molecule has 0 unspecified atom stereocenters. The molecule has 0 saturated heterocycles. The molecule has 3 heteroatoms. The van der Waals surface area contributed by atoms with Crippen LogP contribution < -0.4 is 5.73 Å². The summed E-state index contributed by atoms with van der Waals surface area (Å²) in [5, 5.41) is 0. The molecule has 1 aromatic heterocycles. The maximum atomic E-state index is 5.57. The number of benzene rings is 1. The standard InChI is InChI=1S/C15H19NOS/c1-11-5-12(2)7-13(6-11)9-18-10-15-4-3-14(8-16)17-15/h3-7H,8-10,16H2,1-2H3. The number of hydrogen-bond acceptors (Lipinski definition) is 3. The second kappa shape index (κ2) is 6.12. The van der Waals surface area contributed by atoms with Crippen LogP contribution in [0.3, 0.4) is 0 Å². The van der Waals surface area contributed by atoms with Gasteiger partial charge in [-0.1, -0.05) is 29.3 Å². The van der Waals surface area contributed by atoms with E-state index in [1.54, 1.807) is 0 Å². The van der Waals surface area contributed by atoms with Gasteiger partial charge in [0.05, 0.1) is 12.3 Å². The Morgan fingerprint density at radius 3 is 2.28 bits per heavy atom. The molecule has 0 spiro atoms. The van der Waals surface area contributed by atoms with Gasteiger partial charge in [-0.25, -0.2) is 0 Å². The summed E-state index contributed by atoms with van der Waals surface area (Å²) in [7, 11) is 0. The minimum atomic E-state index is 0.474. The molecule has 1 heterocycles. The van der Waals surface area contributed by atoms with E-state index in [1.165, 1.54) is 16.7 Å². The van der Waals surface area contributed by atoms with E-state index in [1.807, 2.05) is 23.9 Å². The Hall–Kier alpha value is -1.19. The Kier molecular flexibility index (Phi) is 4.50. The van der Waals surface area contributed by atoms with Crippen LogP contribution in [0.1, 0.15) is 28.2 Å². The van der Waals surface area contributed by atoms with E-state index in [4.69, 9.17) is 10.2 Å². The fraction of sp³-hybridized carbons (Fsp3) is 0.333. The molecule has 0 fully saturated rings. The predicted molar refractivity (Wildman–Crippen MR) is 77.5 cm³/mol. The molecule has 0 bridgehead atoms. The average molecular weight is 261 g/mol. The lowest BCUT2D eigenvalue weighted by molar-refractivity contribution is 0.482. The number of rotatable bonds is 5. The SMILES string of the molecule is Cc1cc(C)cc(CSCc2ccc(CN)o2)c1. The number of nitrogens with two attached hydrogens (primary N) is 1. The lowest BCUT2D eigenvalue weighted by Crippen LogP contribution is -1.92. The molecular formula is C15H19NOS. The van der Waals surface area contributed by atoms with Crippen LogP contribution in [-0.4, -0.2) is 0 Å². The van der Waals surface area contributed by atoms with Gasteiger partial charge in [-0.2, -0.15) is 0 Å². The van der Waals surface area contributed by atoms with Crippen LogP contribution in [0, 0.1) is 13.8 Å². The summed E-state index contributed by atoms with van der Waals surface area (Å²) < 4.78 is 5.57. The molecule has 0 aliphatic heterocycles. The number of thioether (sulfide) groups is 1. The molecule has 1 aromatic carbocycles. The van der Waals surface area contributed by atoms with Gasteiger partial charge in [-0.3, -0.25) is 0 Å². The normalized spacial score (nSPS) is 10.8. The van der Waals surface area contributed by atoms with E-state index >= 15 is 0 Å². The van der Waals surface area contributed by atoms with Crippen LogP contribution in [0.25, 0.3) is 0 Å². The van der Waals surface area contributed by atoms with Crippen molar-refractivity contribution in [3.63, 3.8) is 0 Å². The molecule has 0 aliphatic rings. The van der Waals surface area contributed by atoms with Crippen LogP contribution in [0.2, 0.25) is 0 Å². The maximum Gasteiger partial charge on any atom is 0.117 e. The van der Waals surface area contributed by atoms with Gasteiger partial charge in [-0.15, -0.1) is 11.8 Å². The van der Waals surface area contributed by atoms with Crippen molar-refractivity contribution in [2.45, 2.75) is 31.9 Å². The van der Waals surface area contributed by atoms with Crippen molar-refractivity contribution in [1.82, 2.24) is 0 Å². The second-order valence-corrected chi connectivity index (χ2v) is 5.55. The number of furan rings is 1. The van der Waals surface area contributed by atoms with E-state index in [0.29, 0.717) is 6.54 Å². The van der Waals surface area contributed by atoms with Crippen LogP contribution in [-0.2, 0) is 18.1 Å². The molecule has 0 saturated carbocycles. The molecule has 2 rings (SSSR count). The molecule has 0 radical (unpaired) electrons. The largest absolute Gasteiger partial charge is 0.464 e. The summed E-state index contributed by atoms with van der Waals surface area (Å²) in [6.45, 7) is 4.75. The van der Waals surface area contributed by atoms with Gasteiger partial charge in [0, 0.05) is 5.75 Å². The summed E-state index contributed by atoms with van der Waals surface area (Å²) in [5.41, 5.74) is 9.55. The average Bonchev–Trinajstić information content (AvgIpc) is 2.76. The molecule has 2 nitrogen and oxygen atoms in total. The Labute approximate surface area is 113 Å². The topological polar surface area (TPSA) is 39.2 Å². The Balaban J connectivity index is 1.88. The second-order valence-electron chi connectivity index (χ2n) is 4.56. The van der Waals surface area contributed by atoms with E-state index < -0.39 is 0 Å². The molecule has 96 valence electrons. The van der Waals surface area contributed by atoms with Gasteiger partial charge >= 0.3 is 0 Å². The van der Waals surface area contributed by atoms with E-state index in [-0.39, 0.29) is 0 Å². The van der Waals surface area contributed by atoms with Gasteiger partial charge < -0.3 is 10.2 Å². The lowest BCUT2D eigenvalue weighted by atomic mass is 10.1. The zero-order chi connectivity index (χ0) is 13.0. The van der Waals surface area contributed by atoms with Crippen LogP contribution in [0.4, 0.5) is 0 Å². The summed E-state index contributed by atoms with van der Waals surface area (Å²) in [5.74, 6) is 3.77. The maximum absolute atomic E-state index is 5.57. The highest BCUT2D eigenvalue weighted by atomic mass is 32.2. The monoisotopic (exact) mass is 261 g/mol. The van der Waals surface area contributed by atoms with Crippen molar-refractivity contribution in [3.8, 4) is 0 Å².